The van der Waals surface area contributed by atoms with Crippen LogP contribution >= 0.6 is 0 Å². The van der Waals surface area contributed by atoms with E-state index in [1.807, 2.05) is 30.3 Å². The number of rotatable bonds is 3. The second kappa shape index (κ2) is 5.09. The maximum Gasteiger partial charge on any atom is 0.167 e. The molecule has 0 radical (unpaired) electrons. The van der Waals surface area contributed by atoms with Crippen molar-refractivity contribution < 1.29 is 9.32 Å². The number of benzene rings is 1. The number of nitrogens with zero attached hydrogens (tertiary/aromatic N) is 2. The van der Waals surface area contributed by atoms with Crippen molar-refractivity contribution in [3.63, 3.8) is 0 Å². The Morgan fingerprint density at radius 1 is 1.10 bits per heavy atom. The minimum absolute atomic E-state index is 0.0267. The van der Waals surface area contributed by atoms with Crippen molar-refractivity contribution in [3.05, 3.63) is 60.4 Å². The van der Waals surface area contributed by atoms with Gasteiger partial charge in [0.15, 0.2) is 11.5 Å². The third-order valence-electron chi connectivity index (χ3n) is 3.02. The van der Waals surface area contributed by atoms with Gasteiger partial charge in [-0.1, -0.05) is 23.4 Å². The molecular weight excluding hydrogens is 252 g/mol. The van der Waals surface area contributed by atoms with E-state index in [1.165, 1.54) is 0 Å². The van der Waals surface area contributed by atoms with E-state index in [4.69, 9.17) is 4.52 Å². The predicted molar refractivity (Wildman–Crippen MR) is 75.2 cm³/mol. The van der Waals surface area contributed by atoms with E-state index >= 15 is 0 Å². The summed E-state index contributed by atoms with van der Waals surface area (Å²) in [7, 11) is 0. The van der Waals surface area contributed by atoms with Crippen LogP contribution in [0.3, 0.4) is 0 Å². The number of carbonyl (C=O) groups excluding carboxylic acids is 1. The first kappa shape index (κ1) is 12.3. The normalized spacial score (nSPS) is 10.4. The Bertz CT molecular complexity index is 748. The fourth-order valence-electron chi connectivity index (χ4n) is 1.95. The highest BCUT2D eigenvalue weighted by atomic mass is 16.5. The van der Waals surface area contributed by atoms with Crippen molar-refractivity contribution in [2.45, 2.75) is 6.92 Å². The Labute approximate surface area is 116 Å². The lowest BCUT2D eigenvalue weighted by molar-refractivity contribution is 0.101. The average Bonchev–Trinajstić information content (AvgIpc) is 2.98. The molecule has 0 unspecified atom stereocenters. The maximum atomic E-state index is 11.4. The minimum Gasteiger partial charge on any atom is -0.356 e. The summed E-state index contributed by atoms with van der Waals surface area (Å²) in [6.07, 6.45) is 3.44. The molecule has 4 heteroatoms. The van der Waals surface area contributed by atoms with Crippen molar-refractivity contribution in [1.29, 1.82) is 0 Å². The quantitative estimate of drug-likeness (QED) is 0.678. The van der Waals surface area contributed by atoms with E-state index in [1.54, 1.807) is 31.5 Å². The molecule has 3 rings (SSSR count). The molecule has 4 nitrogen and oxygen atoms in total. The van der Waals surface area contributed by atoms with Gasteiger partial charge in [0.2, 0.25) is 0 Å². The first-order valence-electron chi connectivity index (χ1n) is 6.22. The third-order valence-corrected chi connectivity index (χ3v) is 3.02. The van der Waals surface area contributed by atoms with E-state index in [0.29, 0.717) is 11.3 Å². The van der Waals surface area contributed by atoms with E-state index < -0.39 is 0 Å². The Hall–Kier alpha value is -2.75. The molecule has 0 fully saturated rings. The van der Waals surface area contributed by atoms with Crippen LogP contribution in [0.5, 0.6) is 0 Å². The van der Waals surface area contributed by atoms with E-state index in [-0.39, 0.29) is 5.78 Å². The lowest BCUT2D eigenvalue weighted by atomic mass is 10.1. The van der Waals surface area contributed by atoms with Gasteiger partial charge in [-0.05, 0) is 25.1 Å². The lowest BCUT2D eigenvalue weighted by Gasteiger charge is -1.98. The van der Waals surface area contributed by atoms with E-state index in [0.717, 1.165) is 16.8 Å². The molecule has 20 heavy (non-hydrogen) atoms. The molecule has 0 saturated carbocycles. The summed E-state index contributed by atoms with van der Waals surface area (Å²) in [5.41, 5.74) is 3.11. The Balaban J connectivity index is 1.98. The van der Waals surface area contributed by atoms with E-state index in [9.17, 15) is 4.79 Å². The number of ketones is 1. The highest BCUT2D eigenvalue weighted by Gasteiger charge is 2.10. The number of hydrogen-bond acceptors (Lipinski definition) is 4. The SMILES string of the molecule is CC(=O)c1cccc(-c2cc(-c3cccnc3)no2)c1. The maximum absolute atomic E-state index is 11.4. The molecule has 0 aliphatic rings. The van der Waals surface area contributed by atoms with Gasteiger partial charge >= 0.3 is 0 Å². The van der Waals surface area contributed by atoms with Gasteiger partial charge < -0.3 is 4.52 Å². The second-order valence-electron chi connectivity index (χ2n) is 4.46. The molecular formula is C16H12N2O2. The molecule has 0 aliphatic heterocycles. The molecule has 0 N–H and O–H groups in total. The van der Waals surface area contributed by atoms with Crippen LogP contribution in [0.1, 0.15) is 17.3 Å². The second-order valence-corrected chi connectivity index (χ2v) is 4.46. The molecule has 98 valence electrons. The Morgan fingerprint density at radius 2 is 1.95 bits per heavy atom. The molecule has 2 aromatic heterocycles. The molecule has 3 aromatic rings. The molecule has 0 saturated heterocycles. The standard InChI is InChI=1S/C16H12N2O2/c1-11(19)12-4-2-5-13(8-12)16-9-15(18-20-16)14-6-3-7-17-10-14/h2-10H,1H3. The van der Waals surface area contributed by atoms with E-state index in [2.05, 4.69) is 10.1 Å². The fourth-order valence-corrected chi connectivity index (χ4v) is 1.95. The summed E-state index contributed by atoms with van der Waals surface area (Å²) >= 11 is 0. The van der Waals surface area contributed by atoms with Gasteiger partial charge in [0.1, 0.15) is 5.69 Å². The van der Waals surface area contributed by atoms with Gasteiger partial charge in [-0.15, -0.1) is 0 Å². The topological polar surface area (TPSA) is 56.0 Å². The zero-order valence-electron chi connectivity index (χ0n) is 10.9. The van der Waals surface area contributed by atoms with Crippen LogP contribution in [0.4, 0.5) is 0 Å². The first-order chi connectivity index (χ1) is 9.74. The van der Waals surface area contributed by atoms with Gasteiger partial charge in [0.25, 0.3) is 0 Å². The summed E-state index contributed by atoms with van der Waals surface area (Å²) in [5, 5.41) is 4.04. The van der Waals surface area contributed by atoms with Crippen LogP contribution in [-0.4, -0.2) is 15.9 Å². The summed E-state index contributed by atoms with van der Waals surface area (Å²) in [6, 6.07) is 12.9. The van der Waals surface area contributed by atoms with Crippen LogP contribution in [0.15, 0.2) is 59.4 Å². The first-order valence-corrected chi connectivity index (χ1v) is 6.22. The van der Waals surface area contributed by atoms with Crippen molar-refractivity contribution in [2.75, 3.05) is 0 Å². The molecule has 0 bridgehead atoms. The smallest absolute Gasteiger partial charge is 0.167 e. The van der Waals surface area contributed by atoms with Crippen LogP contribution < -0.4 is 0 Å². The minimum atomic E-state index is 0.0267. The fraction of sp³-hybridized carbons (Fsp3) is 0.0625. The van der Waals surface area contributed by atoms with Gasteiger partial charge in [-0.25, -0.2) is 0 Å². The van der Waals surface area contributed by atoms with Gasteiger partial charge in [0, 0.05) is 35.2 Å². The monoisotopic (exact) mass is 264 g/mol. The van der Waals surface area contributed by atoms with Crippen LogP contribution in [0.2, 0.25) is 0 Å². The van der Waals surface area contributed by atoms with Crippen LogP contribution in [0, 0.1) is 0 Å². The predicted octanol–water partition coefficient (Wildman–Crippen LogP) is 3.61. The van der Waals surface area contributed by atoms with Crippen molar-refractivity contribution in [2.24, 2.45) is 0 Å². The van der Waals surface area contributed by atoms with Crippen molar-refractivity contribution in [1.82, 2.24) is 10.1 Å². The van der Waals surface area contributed by atoms with Gasteiger partial charge in [-0.3, -0.25) is 9.78 Å². The third kappa shape index (κ3) is 2.36. The lowest BCUT2D eigenvalue weighted by Crippen LogP contribution is -1.91. The van der Waals surface area contributed by atoms with Crippen LogP contribution in [0.25, 0.3) is 22.6 Å². The van der Waals surface area contributed by atoms with Crippen LogP contribution in [-0.2, 0) is 0 Å². The molecule has 1 aromatic carbocycles. The number of aromatic nitrogens is 2. The van der Waals surface area contributed by atoms with Crippen molar-refractivity contribution in [3.8, 4) is 22.6 Å². The number of pyridine rings is 1. The Morgan fingerprint density at radius 3 is 2.70 bits per heavy atom. The highest BCUT2D eigenvalue weighted by Crippen LogP contribution is 2.26. The summed E-state index contributed by atoms with van der Waals surface area (Å²) in [5.74, 6) is 0.658. The molecule has 0 aliphatic carbocycles. The summed E-state index contributed by atoms with van der Waals surface area (Å²) < 4.78 is 5.35. The van der Waals surface area contributed by atoms with Gasteiger partial charge in [0.05, 0.1) is 0 Å². The van der Waals surface area contributed by atoms with Gasteiger partial charge in [-0.2, -0.15) is 0 Å². The Kier molecular flexibility index (Phi) is 3.13. The number of carbonyl (C=O) groups is 1. The largest absolute Gasteiger partial charge is 0.356 e. The number of Topliss-reactive ketones (excluding diaryl/α,β-unsaturated/α-hetero) is 1. The summed E-state index contributed by atoms with van der Waals surface area (Å²) in [4.78, 5) is 15.5. The molecule has 0 spiro atoms. The zero-order chi connectivity index (χ0) is 13.9. The molecule has 0 amide bonds. The highest BCUT2D eigenvalue weighted by molar-refractivity contribution is 5.95. The molecule has 0 atom stereocenters. The zero-order valence-corrected chi connectivity index (χ0v) is 10.9. The summed E-state index contributed by atoms with van der Waals surface area (Å²) in [6.45, 7) is 1.54. The van der Waals surface area contributed by atoms with Crippen molar-refractivity contribution >= 4 is 5.78 Å². The average molecular weight is 264 g/mol. The molecule has 2 heterocycles. The number of hydrogen-bond donors (Lipinski definition) is 0.